The molecule has 1 aromatic carbocycles. The van der Waals surface area contributed by atoms with Gasteiger partial charge in [-0.05, 0) is 36.6 Å². The van der Waals surface area contributed by atoms with Gasteiger partial charge in [0.25, 0.3) is 0 Å². The molecule has 18 heavy (non-hydrogen) atoms. The minimum atomic E-state index is -0.219. The lowest BCUT2D eigenvalue weighted by atomic mass is 9.97. The van der Waals surface area contributed by atoms with E-state index in [2.05, 4.69) is 26.9 Å². The Labute approximate surface area is 115 Å². The summed E-state index contributed by atoms with van der Waals surface area (Å²) in [5.41, 5.74) is 9.22. The maximum absolute atomic E-state index is 11.6. The summed E-state index contributed by atoms with van der Waals surface area (Å²) in [5.74, 6) is -0.193. The number of carbonyl (C=O) groups is 1. The molecule has 0 spiro atoms. The Hall–Kier alpha value is -1.07. The van der Waals surface area contributed by atoms with Crippen molar-refractivity contribution in [1.82, 2.24) is 4.90 Å². The minimum absolute atomic E-state index is 0.193. The van der Waals surface area contributed by atoms with E-state index in [1.54, 1.807) is 0 Å². The van der Waals surface area contributed by atoms with Gasteiger partial charge in [-0.3, -0.25) is 9.69 Å². The van der Waals surface area contributed by atoms with Crippen molar-refractivity contribution in [3.63, 3.8) is 0 Å². The van der Waals surface area contributed by atoms with Crippen LogP contribution in [0.25, 0.3) is 0 Å². The first-order valence-electron chi connectivity index (χ1n) is 5.91. The van der Waals surface area contributed by atoms with Gasteiger partial charge in [-0.1, -0.05) is 15.9 Å². The van der Waals surface area contributed by atoms with Gasteiger partial charge >= 0.3 is 5.97 Å². The molecule has 0 saturated carbocycles. The van der Waals surface area contributed by atoms with E-state index >= 15 is 0 Å². The molecule has 5 heteroatoms. The largest absolute Gasteiger partial charge is 0.468 e. The number of benzene rings is 1. The van der Waals surface area contributed by atoms with Gasteiger partial charge < -0.3 is 10.5 Å². The fourth-order valence-electron chi connectivity index (χ4n) is 2.37. The molecule has 0 aliphatic carbocycles. The molecule has 0 aromatic heterocycles. The molecule has 1 aliphatic heterocycles. The summed E-state index contributed by atoms with van der Waals surface area (Å²) in [4.78, 5) is 13.7. The number of esters is 1. The second kappa shape index (κ2) is 5.28. The van der Waals surface area contributed by atoms with Gasteiger partial charge in [-0.2, -0.15) is 0 Å². The van der Waals surface area contributed by atoms with E-state index in [9.17, 15) is 4.79 Å². The van der Waals surface area contributed by atoms with E-state index in [0.717, 1.165) is 29.7 Å². The van der Waals surface area contributed by atoms with Crippen molar-refractivity contribution in [2.24, 2.45) is 0 Å². The van der Waals surface area contributed by atoms with Gasteiger partial charge in [0, 0.05) is 23.2 Å². The Morgan fingerprint density at radius 2 is 2.28 bits per heavy atom. The molecular formula is C13H17BrN2O2. The van der Waals surface area contributed by atoms with Crippen LogP contribution in [0.1, 0.15) is 18.1 Å². The van der Waals surface area contributed by atoms with Crippen molar-refractivity contribution >= 4 is 27.6 Å². The number of halogens is 1. The number of nitrogens with two attached hydrogens (primary N) is 1. The first-order valence-corrected chi connectivity index (χ1v) is 6.71. The predicted molar refractivity (Wildman–Crippen MR) is 74.1 cm³/mol. The quantitative estimate of drug-likeness (QED) is 0.670. The monoisotopic (exact) mass is 312 g/mol. The molecule has 2 rings (SSSR count). The number of rotatable bonds is 2. The van der Waals surface area contributed by atoms with Crippen LogP contribution < -0.4 is 5.73 Å². The summed E-state index contributed by atoms with van der Waals surface area (Å²) >= 11 is 3.45. The minimum Gasteiger partial charge on any atom is -0.468 e. The SMILES string of the molecule is COC(=O)C(C)N1CCc2c(N)cc(Br)cc2C1. The number of methoxy groups -OCH3 is 1. The Balaban J connectivity index is 2.22. The highest BCUT2D eigenvalue weighted by Gasteiger charge is 2.26. The molecule has 0 fully saturated rings. The lowest BCUT2D eigenvalue weighted by Crippen LogP contribution is -2.42. The Morgan fingerprint density at radius 1 is 1.56 bits per heavy atom. The lowest BCUT2D eigenvalue weighted by Gasteiger charge is -2.32. The fourth-order valence-corrected chi connectivity index (χ4v) is 2.89. The first-order chi connectivity index (χ1) is 8.52. The lowest BCUT2D eigenvalue weighted by molar-refractivity contribution is -0.146. The van der Waals surface area contributed by atoms with Gasteiger partial charge in [0.05, 0.1) is 7.11 Å². The van der Waals surface area contributed by atoms with Crippen LogP contribution in [0.15, 0.2) is 16.6 Å². The molecule has 2 N–H and O–H groups in total. The van der Waals surface area contributed by atoms with Gasteiger partial charge in [0.2, 0.25) is 0 Å². The summed E-state index contributed by atoms with van der Waals surface area (Å²) in [7, 11) is 1.42. The van der Waals surface area contributed by atoms with Crippen LogP contribution >= 0.6 is 15.9 Å². The summed E-state index contributed by atoms with van der Waals surface area (Å²) < 4.78 is 5.76. The molecule has 1 aromatic rings. The average molecular weight is 313 g/mol. The maximum Gasteiger partial charge on any atom is 0.322 e. The van der Waals surface area contributed by atoms with Gasteiger partial charge in [0.1, 0.15) is 6.04 Å². The number of nitrogen functional groups attached to an aromatic ring is 1. The first kappa shape index (κ1) is 13.4. The van der Waals surface area contributed by atoms with Crippen LogP contribution in [0.5, 0.6) is 0 Å². The zero-order valence-corrected chi connectivity index (χ0v) is 12.2. The average Bonchev–Trinajstić information content (AvgIpc) is 2.36. The van der Waals surface area contributed by atoms with Crippen LogP contribution in [0.3, 0.4) is 0 Å². The highest BCUT2D eigenvalue weighted by molar-refractivity contribution is 9.10. The third kappa shape index (κ3) is 2.52. The third-order valence-electron chi connectivity index (χ3n) is 3.45. The topological polar surface area (TPSA) is 55.6 Å². The molecule has 1 unspecified atom stereocenters. The summed E-state index contributed by atoms with van der Waals surface area (Å²) in [6, 6.07) is 3.78. The zero-order chi connectivity index (χ0) is 13.3. The molecule has 1 aliphatic rings. The molecule has 0 radical (unpaired) electrons. The number of hydrogen-bond acceptors (Lipinski definition) is 4. The van der Waals surface area contributed by atoms with Crippen LogP contribution in [0, 0.1) is 0 Å². The van der Waals surface area contributed by atoms with E-state index < -0.39 is 0 Å². The molecule has 4 nitrogen and oxygen atoms in total. The van der Waals surface area contributed by atoms with Crippen molar-refractivity contribution in [3.05, 3.63) is 27.7 Å². The number of ether oxygens (including phenoxy) is 1. The van der Waals surface area contributed by atoms with Gasteiger partial charge in [-0.15, -0.1) is 0 Å². The second-order valence-electron chi connectivity index (χ2n) is 4.55. The fraction of sp³-hybridized carbons (Fsp3) is 0.462. The van der Waals surface area contributed by atoms with Crippen molar-refractivity contribution in [3.8, 4) is 0 Å². The molecule has 98 valence electrons. The standard InChI is InChI=1S/C13H17BrN2O2/c1-8(13(17)18-2)16-4-3-11-9(7-16)5-10(14)6-12(11)15/h5-6,8H,3-4,7,15H2,1-2H3. The van der Waals surface area contributed by atoms with Crippen LogP contribution in [0.4, 0.5) is 5.69 Å². The second-order valence-corrected chi connectivity index (χ2v) is 5.47. The number of nitrogens with zero attached hydrogens (tertiary/aromatic N) is 1. The third-order valence-corrected chi connectivity index (χ3v) is 3.91. The van der Waals surface area contributed by atoms with Crippen LogP contribution in [0.2, 0.25) is 0 Å². The number of hydrogen-bond donors (Lipinski definition) is 1. The summed E-state index contributed by atoms with van der Waals surface area (Å²) in [6.45, 7) is 3.43. The van der Waals surface area contributed by atoms with E-state index in [4.69, 9.17) is 10.5 Å². The van der Waals surface area contributed by atoms with Crippen molar-refractivity contribution < 1.29 is 9.53 Å². The van der Waals surface area contributed by atoms with Crippen LogP contribution in [-0.4, -0.2) is 30.6 Å². The maximum atomic E-state index is 11.6. The molecule has 1 heterocycles. The number of anilines is 1. The van der Waals surface area contributed by atoms with E-state index in [1.165, 1.54) is 18.2 Å². The Kier molecular flexibility index (Phi) is 3.92. The highest BCUT2D eigenvalue weighted by atomic mass is 79.9. The van der Waals surface area contributed by atoms with Crippen molar-refractivity contribution in [2.75, 3.05) is 19.4 Å². The number of fused-ring (bicyclic) bond motifs is 1. The van der Waals surface area contributed by atoms with Crippen molar-refractivity contribution in [2.45, 2.75) is 25.9 Å². The predicted octanol–water partition coefficient (Wildman–Crippen LogP) is 1.95. The normalized spacial score (nSPS) is 17.1. The smallest absolute Gasteiger partial charge is 0.322 e. The summed E-state index contributed by atoms with van der Waals surface area (Å²) in [5, 5.41) is 0. The Bertz CT molecular complexity index is 476. The molecule has 0 saturated heterocycles. The molecule has 0 bridgehead atoms. The van der Waals surface area contributed by atoms with E-state index in [1.807, 2.05) is 13.0 Å². The molecule has 1 atom stereocenters. The van der Waals surface area contributed by atoms with Gasteiger partial charge in [0.15, 0.2) is 0 Å². The molecular weight excluding hydrogens is 296 g/mol. The van der Waals surface area contributed by atoms with Crippen LogP contribution in [-0.2, 0) is 22.5 Å². The Morgan fingerprint density at radius 3 is 2.94 bits per heavy atom. The zero-order valence-electron chi connectivity index (χ0n) is 10.6. The van der Waals surface area contributed by atoms with Crippen molar-refractivity contribution in [1.29, 1.82) is 0 Å². The molecule has 0 amide bonds. The van der Waals surface area contributed by atoms with Gasteiger partial charge in [-0.25, -0.2) is 0 Å². The van der Waals surface area contributed by atoms with E-state index in [-0.39, 0.29) is 12.0 Å². The summed E-state index contributed by atoms with van der Waals surface area (Å²) in [6.07, 6.45) is 0.871. The number of carbonyl (C=O) groups excluding carboxylic acids is 1. The van der Waals surface area contributed by atoms with E-state index in [0.29, 0.717) is 0 Å². The highest BCUT2D eigenvalue weighted by Crippen LogP contribution is 2.29.